The Balaban J connectivity index is 3.10. The van der Waals surface area contributed by atoms with Crippen LogP contribution < -0.4 is 0 Å². The van der Waals surface area contributed by atoms with Crippen molar-refractivity contribution in [3.05, 3.63) is 23.2 Å². The highest BCUT2D eigenvalue weighted by atomic mass is 35.5. The number of aliphatic imine (C=N–C) groups is 1. The summed E-state index contributed by atoms with van der Waals surface area (Å²) in [6.07, 6.45) is 3.79. The first kappa shape index (κ1) is 9.62. The quantitative estimate of drug-likeness (QED) is 0.522. The minimum Gasteiger partial charge on any atom is -0.260 e. The molecule has 1 aromatic carbocycles. The Hall–Kier alpha value is -0.470. The molecule has 12 heavy (non-hydrogen) atoms. The zero-order valence-electron chi connectivity index (χ0n) is 7.04. The Bertz CT molecular complexity index is 297. The maximum Gasteiger partial charge on any atom is 0.0762 e. The average Bonchev–Trinajstić information content (AvgIpc) is 2.08. The van der Waals surface area contributed by atoms with Gasteiger partial charge in [-0.15, -0.1) is 11.8 Å². The van der Waals surface area contributed by atoms with Crippen molar-refractivity contribution in [3.8, 4) is 0 Å². The molecular weight excluding hydrogens is 190 g/mol. The van der Waals surface area contributed by atoms with Gasteiger partial charge in [-0.2, -0.15) is 0 Å². The van der Waals surface area contributed by atoms with Crippen LogP contribution in [0.25, 0.3) is 0 Å². The molecule has 0 heterocycles. The molecular formula is C9H10ClNS. The van der Waals surface area contributed by atoms with Crippen LogP contribution in [0, 0.1) is 0 Å². The topological polar surface area (TPSA) is 12.4 Å². The lowest BCUT2D eigenvalue weighted by Crippen LogP contribution is -1.73. The average molecular weight is 200 g/mol. The van der Waals surface area contributed by atoms with Crippen molar-refractivity contribution < 1.29 is 0 Å². The number of thioether (sulfide) groups is 1. The van der Waals surface area contributed by atoms with Gasteiger partial charge in [0.05, 0.1) is 5.69 Å². The molecule has 1 aromatic rings. The fourth-order valence-corrected chi connectivity index (χ4v) is 1.71. The van der Waals surface area contributed by atoms with Crippen LogP contribution in [0.5, 0.6) is 0 Å². The molecule has 0 fully saturated rings. The highest BCUT2D eigenvalue weighted by Crippen LogP contribution is 2.30. The lowest BCUT2D eigenvalue weighted by Gasteiger charge is -2.01. The van der Waals surface area contributed by atoms with Crippen LogP contribution in [0.1, 0.15) is 6.92 Å². The predicted octanol–water partition coefficient (Wildman–Crippen LogP) is 3.78. The number of hydrogen-bond donors (Lipinski definition) is 0. The summed E-state index contributed by atoms with van der Waals surface area (Å²) in [5.41, 5.74) is 0.981. The molecule has 0 saturated carbocycles. The van der Waals surface area contributed by atoms with E-state index in [0.29, 0.717) is 0 Å². The number of benzene rings is 1. The van der Waals surface area contributed by atoms with E-state index >= 15 is 0 Å². The SMILES string of the molecule is C/C=N/c1ccc(Cl)cc1SC. The van der Waals surface area contributed by atoms with Crippen molar-refractivity contribution in [1.29, 1.82) is 0 Å². The number of nitrogens with zero attached hydrogens (tertiary/aromatic N) is 1. The molecule has 0 aliphatic heterocycles. The van der Waals surface area contributed by atoms with Gasteiger partial charge in [-0.25, -0.2) is 0 Å². The molecule has 0 bridgehead atoms. The van der Waals surface area contributed by atoms with Gasteiger partial charge >= 0.3 is 0 Å². The maximum absolute atomic E-state index is 5.83. The van der Waals surface area contributed by atoms with Gasteiger partial charge in [-0.05, 0) is 31.4 Å². The maximum atomic E-state index is 5.83. The smallest absolute Gasteiger partial charge is 0.0762 e. The zero-order valence-corrected chi connectivity index (χ0v) is 8.62. The molecule has 0 amide bonds. The first-order valence-corrected chi connectivity index (χ1v) is 5.20. The van der Waals surface area contributed by atoms with E-state index in [2.05, 4.69) is 4.99 Å². The molecule has 0 atom stereocenters. The van der Waals surface area contributed by atoms with Crippen molar-refractivity contribution in [3.63, 3.8) is 0 Å². The van der Waals surface area contributed by atoms with Crippen LogP contribution in [-0.4, -0.2) is 12.5 Å². The summed E-state index contributed by atoms with van der Waals surface area (Å²) in [6.45, 7) is 1.90. The summed E-state index contributed by atoms with van der Waals surface area (Å²) >= 11 is 7.48. The van der Waals surface area contributed by atoms with Gasteiger partial charge in [0.2, 0.25) is 0 Å². The standard InChI is InChI=1S/C9H10ClNS/c1-3-11-8-5-4-7(10)6-9(8)12-2/h3-6H,1-2H3/b11-3+. The van der Waals surface area contributed by atoms with Crippen molar-refractivity contribution in [2.75, 3.05) is 6.26 Å². The molecule has 1 rings (SSSR count). The van der Waals surface area contributed by atoms with Gasteiger partial charge in [0.15, 0.2) is 0 Å². The van der Waals surface area contributed by atoms with Crippen LogP contribution >= 0.6 is 23.4 Å². The largest absolute Gasteiger partial charge is 0.260 e. The second kappa shape index (κ2) is 4.53. The van der Waals surface area contributed by atoms with E-state index in [9.17, 15) is 0 Å². The van der Waals surface area contributed by atoms with Gasteiger partial charge in [-0.3, -0.25) is 4.99 Å². The Morgan fingerprint density at radius 2 is 2.25 bits per heavy atom. The Labute approximate surface area is 81.8 Å². The van der Waals surface area contributed by atoms with Gasteiger partial charge in [0, 0.05) is 16.1 Å². The molecule has 0 spiro atoms. The highest BCUT2D eigenvalue weighted by molar-refractivity contribution is 7.98. The second-order valence-electron chi connectivity index (χ2n) is 2.20. The molecule has 0 radical (unpaired) electrons. The summed E-state index contributed by atoms with van der Waals surface area (Å²) < 4.78 is 0. The number of rotatable bonds is 2. The second-order valence-corrected chi connectivity index (χ2v) is 3.49. The number of hydrogen-bond acceptors (Lipinski definition) is 2. The normalized spacial score (nSPS) is 10.9. The Morgan fingerprint density at radius 3 is 2.83 bits per heavy atom. The molecule has 0 aromatic heterocycles. The highest BCUT2D eigenvalue weighted by Gasteiger charge is 1.99. The molecule has 0 aliphatic rings. The van der Waals surface area contributed by atoms with Crippen LogP contribution in [0.4, 0.5) is 5.69 Å². The minimum atomic E-state index is 0.759. The van der Waals surface area contributed by atoms with Crippen LogP contribution in [0.2, 0.25) is 5.02 Å². The first-order valence-electron chi connectivity index (χ1n) is 3.60. The summed E-state index contributed by atoms with van der Waals surface area (Å²) in [4.78, 5) is 5.33. The third kappa shape index (κ3) is 2.26. The minimum absolute atomic E-state index is 0.759. The van der Waals surface area contributed by atoms with Crippen LogP contribution in [-0.2, 0) is 0 Å². The zero-order chi connectivity index (χ0) is 8.97. The third-order valence-corrected chi connectivity index (χ3v) is 2.41. The van der Waals surface area contributed by atoms with Crippen molar-refractivity contribution in [1.82, 2.24) is 0 Å². The molecule has 64 valence electrons. The van der Waals surface area contributed by atoms with E-state index in [4.69, 9.17) is 11.6 Å². The Morgan fingerprint density at radius 1 is 1.50 bits per heavy atom. The van der Waals surface area contributed by atoms with Gasteiger partial charge in [0.25, 0.3) is 0 Å². The van der Waals surface area contributed by atoms with E-state index in [1.165, 1.54) is 0 Å². The number of halogens is 1. The van der Waals surface area contributed by atoms with E-state index in [0.717, 1.165) is 15.6 Å². The van der Waals surface area contributed by atoms with Crippen molar-refractivity contribution in [2.24, 2.45) is 4.99 Å². The molecule has 3 heteroatoms. The lowest BCUT2D eigenvalue weighted by atomic mass is 10.3. The summed E-state index contributed by atoms with van der Waals surface area (Å²) in [5.74, 6) is 0. The summed E-state index contributed by atoms with van der Waals surface area (Å²) in [6, 6.07) is 5.70. The van der Waals surface area contributed by atoms with Gasteiger partial charge in [-0.1, -0.05) is 11.6 Å². The van der Waals surface area contributed by atoms with Crippen molar-refractivity contribution in [2.45, 2.75) is 11.8 Å². The summed E-state index contributed by atoms with van der Waals surface area (Å²) in [7, 11) is 0. The fourth-order valence-electron chi connectivity index (χ4n) is 0.897. The van der Waals surface area contributed by atoms with E-state index in [-0.39, 0.29) is 0 Å². The van der Waals surface area contributed by atoms with Crippen LogP contribution in [0.15, 0.2) is 28.1 Å². The van der Waals surface area contributed by atoms with Crippen molar-refractivity contribution >= 4 is 35.3 Å². The predicted molar refractivity (Wildman–Crippen MR) is 57.1 cm³/mol. The Kier molecular flexibility index (Phi) is 3.63. The molecule has 0 N–H and O–H groups in total. The fraction of sp³-hybridized carbons (Fsp3) is 0.222. The molecule has 1 nitrogen and oxygen atoms in total. The molecule has 0 aliphatic carbocycles. The van der Waals surface area contributed by atoms with Crippen LogP contribution in [0.3, 0.4) is 0 Å². The lowest BCUT2D eigenvalue weighted by molar-refractivity contribution is 1.38. The summed E-state index contributed by atoms with van der Waals surface area (Å²) in [5, 5.41) is 0.759. The van der Waals surface area contributed by atoms with E-state index in [1.807, 2.05) is 31.4 Å². The molecule has 0 unspecified atom stereocenters. The van der Waals surface area contributed by atoms with Gasteiger partial charge < -0.3 is 0 Å². The third-order valence-electron chi connectivity index (χ3n) is 1.41. The van der Waals surface area contributed by atoms with E-state index in [1.54, 1.807) is 18.0 Å². The van der Waals surface area contributed by atoms with E-state index < -0.39 is 0 Å². The molecule has 0 saturated heterocycles. The van der Waals surface area contributed by atoms with Gasteiger partial charge in [0.1, 0.15) is 0 Å². The monoisotopic (exact) mass is 199 g/mol. The first-order chi connectivity index (χ1) is 5.77.